The summed E-state index contributed by atoms with van der Waals surface area (Å²) in [5, 5.41) is 19.7. The lowest BCUT2D eigenvalue weighted by atomic mass is 9.93. The van der Waals surface area contributed by atoms with Gasteiger partial charge >= 0.3 is 0 Å². The number of ether oxygens (including phenoxy) is 1. The monoisotopic (exact) mass is 323 g/mol. The van der Waals surface area contributed by atoms with Crippen LogP contribution in [0, 0.1) is 10.1 Å². The number of nitro groups is 1. The number of nitrogens with one attached hydrogen (secondary N) is 1. The van der Waals surface area contributed by atoms with E-state index in [4.69, 9.17) is 4.74 Å². The van der Waals surface area contributed by atoms with E-state index >= 15 is 0 Å². The van der Waals surface area contributed by atoms with Gasteiger partial charge in [-0.3, -0.25) is 15.2 Å². The molecule has 2 aromatic carbocycles. The Hall–Kier alpha value is -2.73. The number of non-ortho nitro benzene ring substituents is 1. The van der Waals surface area contributed by atoms with Crippen molar-refractivity contribution in [2.75, 3.05) is 6.61 Å². The molecule has 1 atom stereocenters. The summed E-state index contributed by atoms with van der Waals surface area (Å²) in [4.78, 5) is 10.8. The first-order chi connectivity index (χ1) is 11.7. The van der Waals surface area contributed by atoms with Crippen molar-refractivity contribution < 1.29 is 9.66 Å². The van der Waals surface area contributed by atoms with Crippen molar-refractivity contribution in [3.63, 3.8) is 0 Å². The molecule has 24 heavy (non-hydrogen) atoms. The molecule has 1 aliphatic heterocycles. The Labute approximate surface area is 138 Å². The maximum atomic E-state index is 11.2. The van der Waals surface area contributed by atoms with Crippen LogP contribution in [0.25, 0.3) is 22.2 Å². The normalized spacial score (nSPS) is 17.9. The van der Waals surface area contributed by atoms with Crippen molar-refractivity contribution in [1.29, 1.82) is 0 Å². The van der Waals surface area contributed by atoms with Gasteiger partial charge in [0, 0.05) is 29.7 Å². The Kier molecular flexibility index (Phi) is 3.74. The fraction of sp³-hybridized carbons (Fsp3) is 0.278. The summed E-state index contributed by atoms with van der Waals surface area (Å²) in [6.07, 6.45) is 2.85. The maximum Gasteiger partial charge on any atom is 0.269 e. The SMILES string of the molecule is O=[N+]([O-])c1ccc(-c2n[nH]c3ccccc23)c(C2CCCCO2)c1. The van der Waals surface area contributed by atoms with Gasteiger partial charge in [0.15, 0.2) is 0 Å². The van der Waals surface area contributed by atoms with Crippen molar-refractivity contribution in [2.45, 2.75) is 25.4 Å². The van der Waals surface area contributed by atoms with Crippen LogP contribution in [0.4, 0.5) is 5.69 Å². The minimum absolute atomic E-state index is 0.0859. The zero-order valence-electron chi connectivity index (χ0n) is 13.1. The van der Waals surface area contributed by atoms with E-state index in [1.807, 2.05) is 24.3 Å². The summed E-state index contributed by atoms with van der Waals surface area (Å²) in [5.41, 5.74) is 3.58. The van der Waals surface area contributed by atoms with Gasteiger partial charge in [-0.1, -0.05) is 18.2 Å². The molecule has 0 amide bonds. The molecule has 1 unspecified atom stereocenters. The van der Waals surface area contributed by atoms with Crippen molar-refractivity contribution in [3.05, 3.63) is 58.1 Å². The summed E-state index contributed by atoms with van der Waals surface area (Å²) in [5.74, 6) is 0. The Morgan fingerprint density at radius 1 is 1.21 bits per heavy atom. The Morgan fingerprint density at radius 3 is 2.88 bits per heavy atom. The van der Waals surface area contributed by atoms with E-state index in [2.05, 4.69) is 10.2 Å². The lowest BCUT2D eigenvalue weighted by Crippen LogP contribution is -2.13. The molecule has 0 aliphatic carbocycles. The van der Waals surface area contributed by atoms with Gasteiger partial charge in [-0.2, -0.15) is 5.10 Å². The summed E-state index contributed by atoms with van der Waals surface area (Å²) in [6, 6.07) is 12.8. The number of para-hydroxylation sites is 1. The van der Waals surface area contributed by atoms with E-state index in [9.17, 15) is 10.1 Å². The van der Waals surface area contributed by atoms with Crippen LogP contribution in [-0.2, 0) is 4.74 Å². The van der Waals surface area contributed by atoms with E-state index < -0.39 is 0 Å². The zero-order valence-corrected chi connectivity index (χ0v) is 13.1. The Bertz CT molecular complexity index is 897. The van der Waals surface area contributed by atoms with Gasteiger partial charge in [0.05, 0.1) is 16.5 Å². The molecule has 1 N–H and O–H groups in total. The maximum absolute atomic E-state index is 11.2. The third kappa shape index (κ3) is 2.55. The highest BCUT2D eigenvalue weighted by Crippen LogP contribution is 2.38. The highest BCUT2D eigenvalue weighted by Gasteiger charge is 2.24. The first-order valence-electron chi connectivity index (χ1n) is 8.07. The molecule has 1 saturated heterocycles. The molecule has 6 nitrogen and oxygen atoms in total. The Morgan fingerprint density at radius 2 is 2.08 bits per heavy atom. The van der Waals surface area contributed by atoms with Crippen LogP contribution < -0.4 is 0 Å². The second kappa shape index (κ2) is 6.05. The molecule has 0 radical (unpaired) electrons. The van der Waals surface area contributed by atoms with Crippen molar-refractivity contribution in [1.82, 2.24) is 10.2 Å². The second-order valence-corrected chi connectivity index (χ2v) is 6.00. The van der Waals surface area contributed by atoms with Gasteiger partial charge in [0.25, 0.3) is 5.69 Å². The van der Waals surface area contributed by atoms with Crippen molar-refractivity contribution in [2.24, 2.45) is 0 Å². The molecule has 1 aromatic heterocycles. The zero-order chi connectivity index (χ0) is 16.5. The number of fused-ring (bicyclic) bond motifs is 1. The predicted octanol–water partition coefficient (Wildman–Crippen LogP) is 4.38. The Balaban J connectivity index is 1.89. The lowest BCUT2D eigenvalue weighted by Gasteiger charge is -2.24. The fourth-order valence-corrected chi connectivity index (χ4v) is 3.30. The molecular weight excluding hydrogens is 306 g/mol. The third-order valence-corrected chi connectivity index (χ3v) is 4.50. The molecule has 122 valence electrons. The van der Waals surface area contributed by atoms with E-state index in [-0.39, 0.29) is 16.7 Å². The van der Waals surface area contributed by atoms with Crippen molar-refractivity contribution in [3.8, 4) is 11.3 Å². The minimum Gasteiger partial charge on any atom is -0.374 e. The number of hydrogen-bond donors (Lipinski definition) is 1. The summed E-state index contributed by atoms with van der Waals surface area (Å²) >= 11 is 0. The molecule has 1 fully saturated rings. The highest BCUT2D eigenvalue weighted by atomic mass is 16.6. The molecular formula is C18H17N3O3. The molecule has 0 spiro atoms. The second-order valence-electron chi connectivity index (χ2n) is 6.00. The largest absolute Gasteiger partial charge is 0.374 e. The first kappa shape index (κ1) is 14.8. The van der Waals surface area contributed by atoms with Crippen LogP contribution in [0.3, 0.4) is 0 Å². The molecule has 1 aliphatic rings. The molecule has 6 heteroatoms. The summed E-state index contributed by atoms with van der Waals surface area (Å²) in [6.45, 7) is 0.689. The number of nitro benzene ring substituents is 1. The molecule has 3 aromatic rings. The van der Waals surface area contributed by atoms with Crippen LogP contribution in [0.1, 0.15) is 30.9 Å². The first-order valence-corrected chi connectivity index (χ1v) is 8.07. The molecule has 2 heterocycles. The van der Waals surface area contributed by atoms with Crippen LogP contribution in [0.2, 0.25) is 0 Å². The van der Waals surface area contributed by atoms with Gasteiger partial charge in [0.2, 0.25) is 0 Å². The van der Waals surface area contributed by atoms with E-state index in [1.54, 1.807) is 12.1 Å². The summed E-state index contributed by atoms with van der Waals surface area (Å²) in [7, 11) is 0. The number of benzene rings is 2. The third-order valence-electron chi connectivity index (χ3n) is 4.50. The van der Waals surface area contributed by atoms with E-state index in [0.29, 0.717) is 6.61 Å². The highest BCUT2D eigenvalue weighted by molar-refractivity contribution is 5.93. The van der Waals surface area contributed by atoms with Gasteiger partial charge in [0.1, 0.15) is 5.69 Å². The van der Waals surface area contributed by atoms with Crippen LogP contribution in [-0.4, -0.2) is 21.7 Å². The molecule has 0 bridgehead atoms. The number of hydrogen-bond acceptors (Lipinski definition) is 4. The lowest BCUT2D eigenvalue weighted by molar-refractivity contribution is -0.385. The van der Waals surface area contributed by atoms with Crippen molar-refractivity contribution >= 4 is 16.6 Å². The number of aromatic nitrogens is 2. The predicted molar refractivity (Wildman–Crippen MR) is 90.7 cm³/mol. The molecule has 4 rings (SSSR count). The smallest absolute Gasteiger partial charge is 0.269 e. The van der Waals surface area contributed by atoms with E-state index in [1.165, 1.54) is 6.07 Å². The average Bonchev–Trinajstić information content (AvgIpc) is 3.06. The van der Waals surface area contributed by atoms with Gasteiger partial charge in [-0.05, 0) is 37.0 Å². The number of rotatable bonds is 3. The number of H-pyrrole nitrogens is 1. The quantitative estimate of drug-likeness (QED) is 0.573. The average molecular weight is 323 g/mol. The number of nitrogens with zero attached hydrogens (tertiary/aromatic N) is 2. The minimum atomic E-state index is -0.362. The number of aromatic amines is 1. The molecule has 0 saturated carbocycles. The van der Waals surface area contributed by atoms with Crippen LogP contribution in [0.5, 0.6) is 0 Å². The topological polar surface area (TPSA) is 81.0 Å². The fourth-order valence-electron chi connectivity index (χ4n) is 3.30. The summed E-state index contributed by atoms with van der Waals surface area (Å²) < 4.78 is 5.89. The van der Waals surface area contributed by atoms with Gasteiger partial charge < -0.3 is 4.74 Å². The van der Waals surface area contributed by atoms with Gasteiger partial charge in [-0.25, -0.2) is 0 Å². The van der Waals surface area contributed by atoms with Crippen LogP contribution >= 0.6 is 0 Å². The van der Waals surface area contributed by atoms with E-state index in [0.717, 1.165) is 47.0 Å². The van der Waals surface area contributed by atoms with Crippen LogP contribution in [0.15, 0.2) is 42.5 Å². The van der Waals surface area contributed by atoms with Gasteiger partial charge in [-0.15, -0.1) is 0 Å². The standard InChI is InChI=1S/C18H17N3O3/c22-21(23)12-8-9-13(15(11-12)17-7-3-4-10-24-17)18-14-5-1-2-6-16(14)19-20-18/h1-2,5-6,8-9,11,17H,3-4,7,10H2,(H,19,20).